The van der Waals surface area contributed by atoms with Crippen molar-refractivity contribution >= 4 is 32.5 Å². The fraction of sp³-hybridized carbons (Fsp3) is 0.320. The lowest BCUT2D eigenvalue weighted by Crippen LogP contribution is -2.16. The van der Waals surface area contributed by atoms with Crippen molar-refractivity contribution in [1.29, 1.82) is 0 Å². The molecule has 1 aliphatic rings. The number of sulfonamides is 1. The zero-order valence-corrected chi connectivity index (χ0v) is 18.8. The molecule has 1 saturated carbocycles. The number of carboxylic acid groups (broad SMARTS) is 1. The summed E-state index contributed by atoms with van der Waals surface area (Å²) in [5.74, 6) is -0.405. The van der Waals surface area contributed by atoms with Crippen LogP contribution in [0.15, 0.2) is 54.6 Å². The predicted molar refractivity (Wildman–Crippen MR) is 127 cm³/mol. The molecule has 1 aliphatic carbocycles. The molecule has 0 aromatic heterocycles. The van der Waals surface area contributed by atoms with E-state index in [-0.39, 0.29) is 18.9 Å². The van der Waals surface area contributed by atoms with E-state index in [1.807, 2.05) is 42.5 Å². The minimum atomic E-state index is -3.56. The van der Waals surface area contributed by atoms with E-state index in [4.69, 9.17) is 9.84 Å². The number of aliphatic carboxylic acids is 1. The largest absolute Gasteiger partial charge is 0.488 e. The van der Waals surface area contributed by atoms with E-state index in [1.165, 1.54) is 0 Å². The first-order chi connectivity index (χ1) is 15.3. The molecule has 0 amide bonds. The molecule has 3 aromatic carbocycles. The van der Waals surface area contributed by atoms with Crippen LogP contribution in [-0.2, 0) is 21.2 Å². The minimum Gasteiger partial charge on any atom is -0.488 e. The van der Waals surface area contributed by atoms with Gasteiger partial charge in [-0.3, -0.25) is 9.52 Å². The van der Waals surface area contributed by atoms with Gasteiger partial charge in [-0.2, -0.15) is 0 Å². The number of hydrogen-bond acceptors (Lipinski definition) is 4. The zero-order chi connectivity index (χ0) is 22.7. The van der Waals surface area contributed by atoms with Gasteiger partial charge >= 0.3 is 5.97 Å². The number of aryl methyl sites for hydroxylation is 1. The Labute approximate surface area is 188 Å². The maximum atomic E-state index is 12.1. The van der Waals surface area contributed by atoms with Crippen molar-refractivity contribution in [3.05, 3.63) is 60.2 Å². The Kier molecular flexibility index (Phi) is 6.37. The molecule has 0 radical (unpaired) electrons. The van der Waals surface area contributed by atoms with E-state index < -0.39 is 16.0 Å². The molecule has 168 valence electrons. The van der Waals surface area contributed by atoms with Gasteiger partial charge in [-0.15, -0.1) is 0 Å². The maximum Gasteiger partial charge on any atom is 0.303 e. The molecule has 7 heteroatoms. The summed E-state index contributed by atoms with van der Waals surface area (Å²) in [6, 6.07) is 17.7. The number of hydrogen-bond donors (Lipinski definition) is 2. The maximum absolute atomic E-state index is 12.1. The van der Waals surface area contributed by atoms with Gasteiger partial charge in [0.15, 0.2) is 5.75 Å². The minimum absolute atomic E-state index is 0.0270. The summed E-state index contributed by atoms with van der Waals surface area (Å²) < 4.78 is 33.2. The van der Waals surface area contributed by atoms with Gasteiger partial charge in [0, 0.05) is 12.0 Å². The topological polar surface area (TPSA) is 92.7 Å². The second-order valence-corrected chi connectivity index (χ2v) is 10.1. The van der Waals surface area contributed by atoms with Crippen molar-refractivity contribution in [3.8, 4) is 16.9 Å². The van der Waals surface area contributed by atoms with Gasteiger partial charge in [-0.1, -0.05) is 36.4 Å². The van der Waals surface area contributed by atoms with Crippen molar-refractivity contribution in [3.63, 3.8) is 0 Å². The molecule has 0 saturated heterocycles. The van der Waals surface area contributed by atoms with Crippen molar-refractivity contribution < 1.29 is 23.1 Å². The molecule has 0 unspecified atom stereocenters. The lowest BCUT2D eigenvalue weighted by Gasteiger charge is -2.22. The van der Waals surface area contributed by atoms with Gasteiger partial charge < -0.3 is 9.84 Å². The summed E-state index contributed by atoms with van der Waals surface area (Å²) in [5.41, 5.74) is 2.74. The summed E-state index contributed by atoms with van der Waals surface area (Å²) >= 11 is 0. The first-order valence-corrected chi connectivity index (χ1v) is 12.7. The first-order valence-electron chi connectivity index (χ1n) is 10.8. The Balaban J connectivity index is 1.88. The number of rotatable bonds is 8. The van der Waals surface area contributed by atoms with Crippen LogP contribution in [0, 0.1) is 0 Å². The number of carboxylic acids is 1. The number of fused-ring (bicyclic) bond motifs is 1. The molecular formula is C25H27NO5S. The molecule has 0 bridgehead atoms. The quantitative estimate of drug-likeness (QED) is 0.488. The molecule has 3 aromatic rings. The van der Waals surface area contributed by atoms with Gasteiger partial charge in [-0.25, -0.2) is 8.42 Å². The van der Waals surface area contributed by atoms with E-state index in [1.54, 1.807) is 6.07 Å². The van der Waals surface area contributed by atoms with Crippen LogP contribution < -0.4 is 9.46 Å². The van der Waals surface area contributed by atoms with Crippen LogP contribution in [-0.4, -0.2) is 31.9 Å². The first kappa shape index (κ1) is 22.1. The van der Waals surface area contributed by atoms with Crippen molar-refractivity contribution in [2.24, 2.45) is 0 Å². The van der Waals surface area contributed by atoms with E-state index in [2.05, 4.69) is 10.8 Å². The van der Waals surface area contributed by atoms with Gasteiger partial charge in [-0.05, 0) is 72.2 Å². The van der Waals surface area contributed by atoms with E-state index in [9.17, 15) is 13.2 Å². The van der Waals surface area contributed by atoms with E-state index in [0.29, 0.717) is 11.4 Å². The highest BCUT2D eigenvalue weighted by Gasteiger charge is 2.23. The fourth-order valence-corrected chi connectivity index (χ4v) is 4.78. The van der Waals surface area contributed by atoms with Crippen LogP contribution in [0.5, 0.6) is 5.75 Å². The normalized spacial score (nSPS) is 14.5. The summed E-state index contributed by atoms with van der Waals surface area (Å²) in [4.78, 5) is 11.1. The highest BCUT2D eigenvalue weighted by molar-refractivity contribution is 7.92. The molecule has 2 N–H and O–H groups in total. The summed E-state index contributed by atoms with van der Waals surface area (Å²) in [6.45, 7) is 0. The molecular weight excluding hydrogens is 426 g/mol. The van der Waals surface area contributed by atoms with Crippen molar-refractivity contribution in [2.75, 3.05) is 11.0 Å². The molecule has 1 fully saturated rings. The number of anilines is 1. The standard InChI is InChI=1S/C25H27NO5S/c1-32(29,30)26-23-15-17(10-13-24(27)28)14-22(25(23)31-21-8-4-5-9-21)20-12-11-18-6-2-3-7-19(18)16-20/h2-3,6-7,11-12,14-16,21,26H,4-5,8-10,13H2,1H3,(H,27,28). The van der Waals surface area contributed by atoms with Crippen LogP contribution in [0.4, 0.5) is 5.69 Å². The summed E-state index contributed by atoms with van der Waals surface area (Å²) in [6.07, 6.45) is 5.40. The Morgan fingerprint density at radius 3 is 2.47 bits per heavy atom. The van der Waals surface area contributed by atoms with Gasteiger partial charge in [0.25, 0.3) is 0 Å². The number of ether oxygens (including phenoxy) is 1. The Hall–Kier alpha value is -3.06. The Morgan fingerprint density at radius 1 is 1.06 bits per heavy atom. The van der Waals surface area contributed by atoms with Crippen LogP contribution >= 0.6 is 0 Å². The highest BCUT2D eigenvalue weighted by Crippen LogP contribution is 2.41. The molecule has 6 nitrogen and oxygen atoms in total. The number of benzene rings is 3. The lowest BCUT2D eigenvalue weighted by molar-refractivity contribution is -0.136. The predicted octanol–water partition coefficient (Wildman–Crippen LogP) is 5.22. The number of nitrogens with one attached hydrogen (secondary N) is 1. The molecule has 0 spiro atoms. The zero-order valence-electron chi connectivity index (χ0n) is 18.0. The van der Waals surface area contributed by atoms with Crippen molar-refractivity contribution in [1.82, 2.24) is 0 Å². The average Bonchev–Trinajstić information content (AvgIpc) is 3.25. The third-order valence-electron chi connectivity index (χ3n) is 5.72. The molecule has 32 heavy (non-hydrogen) atoms. The monoisotopic (exact) mass is 453 g/mol. The van der Waals surface area contributed by atoms with Crippen LogP contribution in [0.25, 0.3) is 21.9 Å². The lowest BCUT2D eigenvalue weighted by atomic mass is 9.96. The smallest absolute Gasteiger partial charge is 0.303 e. The second kappa shape index (κ2) is 9.20. The van der Waals surface area contributed by atoms with Gasteiger partial charge in [0.05, 0.1) is 18.0 Å². The van der Waals surface area contributed by atoms with Gasteiger partial charge in [0.1, 0.15) is 0 Å². The van der Waals surface area contributed by atoms with Crippen LogP contribution in [0.3, 0.4) is 0 Å². The van der Waals surface area contributed by atoms with Gasteiger partial charge in [0.2, 0.25) is 10.0 Å². The molecule has 0 atom stereocenters. The Morgan fingerprint density at radius 2 is 1.78 bits per heavy atom. The third kappa shape index (κ3) is 5.40. The SMILES string of the molecule is CS(=O)(=O)Nc1cc(CCC(=O)O)cc(-c2ccc3ccccc3c2)c1OC1CCCC1. The van der Waals surface area contributed by atoms with Crippen LogP contribution in [0.2, 0.25) is 0 Å². The van der Waals surface area contributed by atoms with E-state index in [0.717, 1.165) is 59.4 Å². The number of carbonyl (C=O) groups is 1. The average molecular weight is 454 g/mol. The Bertz CT molecular complexity index is 1250. The molecule has 0 heterocycles. The fourth-order valence-electron chi connectivity index (χ4n) is 4.23. The summed E-state index contributed by atoms with van der Waals surface area (Å²) in [5, 5.41) is 11.3. The van der Waals surface area contributed by atoms with E-state index >= 15 is 0 Å². The highest BCUT2D eigenvalue weighted by atomic mass is 32.2. The summed E-state index contributed by atoms with van der Waals surface area (Å²) in [7, 11) is -3.56. The third-order valence-corrected chi connectivity index (χ3v) is 6.31. The van der Waals surface area contributed by atoms with Crippen molar-refractivity contribution in [2.45, 2.75) is 44.6 Å². The molecule has 0 aliphatic heterocycles. The van der Waals surface area contributed by atoms with Crippen LogP contribution in [0.1, 0.15) is 37.7 Å². The molecule has 4 rings (SSSR count). The second-order valence-electron chi connectivity index (χ2n) is 8.37.